The van der Waals surface area contributed by atoms with Gasteiger partial charge < -0.3 is 4.90 Å². The molecular formula is C16H17ClN2O3S2. The molecule has 0 unspecified atom stereocenters. The summed E-state index contributed by atoms with van der Waals surface area (Å²) >= 11 is 7.10. The molecule has 1 aromatic carbocycles. The van der Waals surface area contributed by atoms with Gasteiger partial charge in [0.05, 0.1) is 14.1 Å². The fourth-order valence-electron chi connectivity index (χ4n) is 2.64. The van der Waals surface area contributed by atoms with Crippen molar-refractivity contribution in [2.45, 2.75) is 11.8 Å². The van der Waals surface area contributed by atoms with Crippen molar-refractivity contribution >= 4 is 38.9 Å². The van der Waals surface area contributed by atoms with Crippen LogP contribution < -0.4 is 0 Å². The van der Waals surface area contributed by atoms with E-state index in [1.165, 1.54) is 15.6 Å². The second-order valence-electron chi connectivity index (χ2n) is 5.62. The number of piperazine rings is 1. The van der Waals surface area contributed by atoms with Crippen molar-refractivity contribution in [3.63, 3.8) is 0 Å². The summed E-state index contributed by atoms with van der Waals surface area (Å²) in [7, 11) is -3.52. The van der Waals surface area contributed by atoms with Crippen molar-refractivity contribution in [1.29, 1.82) is 0 Å². The number of hydrogen-bond acceptors (Lipinski definition) is 4. The number of nitrogens with zero attached hydrogens (tertiary/aromatic N) is 2. The minimum Gasteiger partial charge on any atom is -0.335 e. The van der Waals surface area contributed by atoms with Crippen molar-refractivity contribution in [3.05, 3.63) is 51.2 Å². The first-order valence-corrected chi connectivity index (χ1v) is 10.1. The van der Waals surface area contributed by atoms with Crippen LogP contribution in [0.2, 0.25) is 4.34 Å². The molecule has 0 radical (unpaired) electrons. The van der Waals surface area contributed by atoms with Gasteiger partial charge in [0, 0.05) is 26.2 Å². The molecule has 1 aromatic heterocycles. The lowest BCUT2D eigenvalue weighted by Gasteiger charge is -2.33. The van der Waals surface area contributed by atoms with Crippen molar-refractivity contribution in [2.75, 3.05) is 26.2 Å². The quantitative estimate of drug-likeness (QED) is 0.817. The number of amides is 1. The molecule has 0 saturated carbocycles. The van der Waals surface area contributed by atoms with E-state index < -0.39 is 10.0 Å². The summed E-state index contributed by atoms with van der Waals surface area (Å²) in [6.07, 6.45) is 0. The van der Waals surface area contributed by atoms with Crippen LogP contribution in [0.25, 0.3) is 0 Å². The highest BCUT2D eigenvalue weighted by molar-refractivity contribution is 7.89. The third-order valence-electron chi connectivity index (χ3n) is 3.94. The Labute approximate surface area is 150 Å². The van der Waals surface area contributed by atoms with Crippen LogP contribution in [0, 0.1) is 6.92 Å². The third-order valence-corrected chi connectivity index (χ3v) is 7.05. The molecule has 128 valence electrons. The van der Waals surface area contributed by atoms with Crippen molar-refractivity contribution in [1.82, 2.24) is 9.21 Å². The Bertz CT molecular complexity index is 856. The predicted molar refractivity (Wildman–Crippen MR) is 95.2 cm³/mol. The lowest BCUT2D eigenvalue weighted by molar-refractivity contribution is 0.0703. The maximum Gasteiger partial charge on any atom is 0.264 e. The van der Waals surface area contributed by atoms with E-state index in [1.54, 1.807) is 35.2 Å². The maximum atomic E-state index is 12.7. The van der Waals surface area contributed by atoms with Gasteiger partial charge in [0.15, 0.2) is 0 Å². The number of halogens is 1. The van der Waals surface area contributed by atoms with Gasteiger partial charge in [0.1, 0.15) is 0 Å². The lowest BCUT2D eigenvalue weighted by Crippen LogP contribution is -2.50. The molecule has 1 saturated heterocycles. The van der Waals surface area contributed by atoms with Crippen LogP contribution in [0.3, 0.4) is 0 Å². The average Bonchev–Trinajstić information content (AvgIpc) is 3.01. The van der Waals surface area contributed by atoms with E-state index in [0.29, 0.717) is 40.3 Å². The molecule has 0 spiro atoms. The van der Waals surface area contributed by atoms with Gasteiger partial charge in [-0.2, -0.15) is 4.31 Å². The summed E-state index contributed by atoms with van der Waals surface area (Å²) < 4.78 is 27.4. The largest absolute Gasteiger partial charge is 0.335 e. The Morgan fingerprint density at radius 2 is 1.83 bits per heavy atom. The molecule has 2 heterocycles. The summed E-state index contributed by atoms with van der Waals surface area (Å²) in [5.74, 6) is -0.0977. The summed E-state index contributed by atoms with van der Waals surface area (Å²) in [6, 6.07) is 10.3. The molecule has 1 fully saturated rings. The van der Waals surface area contributed by atoms with E-state index in [0.717, 1.165) is 5.56 Å². The van der Waals surface area contributed by atoms with Crippen LogP contribution in [-0.4, -0.2) is 49.7 Å². The topological polar surface area (TPSA) is 57.7 Å². The first-order chi connectivity index (χ1) is 11.4. The number of carbonyl (C=O) groups excluding carboxylic acids is 1. The fraction of sp³-hybridized carbons (Fsp3) is 0.312. The fourth-order valence-corrected chi connectivity index (χ4v) is 5.18. The second kappa shape index (κ2) is 6.84. The van der Waals surface area contributed by atoms with Gasteiger partial charge in [-0.25, -0.2) is 8.42 Å². The second-order valence-corrected chi connectivity index (χ2v) is 9.27. The molecule has 24 heavy (non-hydrogen) atoms. The van der Waals surface area contributed by atoms with Crippen LogP contribution in [0.1, 0.15) is 15.2 Å². The molecule has 1 aliphatic heterocycles. The van der Waals surface area contributed by atoms with Crippen LogP contribution in [0.15, 0.2) is 41.3 Å². The predicted octanol–water partition coefficient (Wildman–Crippen LogP) is 2.86. The minimum atomic E-state index is -3.52. The highest BCUT2D eigenvalue weighted by Crippen LogP contribution is 2.24. The SMILES string of the molecule is Cc1cccc(S(=O)(=O)N2CCN(C(=O)c3ccc(Cl)s3)CC2)c1. The molecule has 2 aromatic rings. The van der Waals surface area contributed by atoms with E-state index in [4.69, 9.17) is 11.6 Å². The standard InChI is InChI=1S/C16H17ClN2O3S2/c1-12-3-2-4-13(11-12)24(21,22)19-9-7-18(8-10-19)16(20)14-5-6-15(17)23-14/h2-6,11H,7-10H2,1H3. The van der Waals surface area contributed by atoms with E-state index in [2.05, 4.69) is 0 Å². The van der Waals surface area contributed by atoms with Crippen molar-refractivity contribution in [3.8, 4) is 0 Å². The molecule has 3 rings (SSSR count). The van der Waals surface area contributed by atoms with Crippen LogP contribution in [-0.2, 0) is 10.0 Å². The number of aryl methyl sites for hydroxylation is 1. The zero-order chi connectivity index (χ0) is 17.3. The number of benzene rings is 1. The average molecular weight is 385 g/mol. The van der Waals surface area contributed by atoms with E-state index in [-0.39, 0.29) is 5.91 Å². The molecule has 1 aliphatic rings. The van der Waals surface area contributed by atoms with Gasteiger partial charge in [0.2, 0.25) is 10.0 Å². The van der Waals surface area contributed by atoms with Gasteiger partial charge in [0.25, 0.3) is 5.91 Å². The highest BCUT2D eigenvalue weighted by Gasteiger charge is 2.30. The van der Waals surface area contributed by atoms with Gasteiger partial charge in [-0.15, -0.1) is 11.3 Å². The summed E-state index contributed by atoms with van der Waals surface area (Å²) in [5, 5.41) is 0. The van der Waals surface area contributed by atoms with E-state index in [1.807, 2.05) is 13.0 Å². The molecule has 0 atom stereocenters. The number of hydrogen-bond donors (Lipinski definition) is 0. The maximum absolute atomic E-state index is 12.7. The van der Waals surface area contributed by atoms with Crippen LogP contribution >= 0.6 is 22.9 Å². The van der Waals surface area contributed by atoms with Gasteiger partial charge in [-0.3, -0.25) is 4.79 Å². The monoisotopic (exact) mass is 384 g/mol. The van der Waals surface area contributed by atoms with Crippen LogP contribution in [0.5, 0.6) is 0 Å². The number of thiophene rings is 1. The normalized spacial score (nSPS) is 16.3. The summed E-state index contributed by atoms with van der Waals surface area (Å²) in [6.45, 7) is 3.20. The van der Waals surface area contributed by atoms with Gasteiger partial charge in [-0.1, -0.05) is 23.7 Å². The van der Waals surface area contributed by atoms with Gasteiger partial charge >= 0.3 is 0 Å². The first kappa shape index (κ1) is 17.4. The minimum absolute atomic E-state index is 0.0977. The third kappa shape index (κ3) is 3.49. The Kier molecular flexibility index (Phi) is 4.96. The molecule has 0 N–H and O–H groups in total. The van der Waals surface area contributed by atoms with E-state index >= 15 is 0 Å². The summed E-state index contributed by atoms with van der Waals surface area (Å²) in [5.41, 5.74) is 0.902. The highest BCUT2D eigenvalue weighted by atomic mass is 35.5. The van der Waals surface area contributed by atoms with Crippen molar-refractivity contribution in [2.24, 2.45) is 0 Å². The smallest absolute Gasteiger partial charge is 0.264 e. The van der Waals surface area contributed by atoms with Crippen LogP contribution in [0.4, 0.5) is 0 Å². The molecular weight excluding hydrogens is 368 g/mol. The Morgan fingerprint density at radius 3 is 2.42 bits per heavy atom. The molecule has 0 bridgehead atoms. The number of carbonyl (C=O) groups is 1. The zero-order valence-electron chi connectivity index (χ0n) is 13.1. The van der Waals surface area contributed by atoms with E-state index in [9.17, 15) is 13.2 Å². The number of rotatable bonds is 3. The Morgan fingerprint density at radius 1 is 1.12 bits per heavy atom. The molecule has 1 amide bonds. The zero-order valence-corrected chi connectivity index (χ0v) is 15.5. The number of sulfonamides is 1. The molecule has 5 nitrogen and oxygen atoms in total. The summed E-state index contributed by atoms with van der Waals surface area (Å²) in [4.78, 5) is 14.9. The Balaban J connectivity index is 1.69. The van der Waals surface area contributed by atoms with Crippen molar-refractivity contribution < 1.29 is 13.2 Å². The van der Waals surface area contributed by atoms with Gasteiger partial charge in [-0.05, 0) is 36.8 Å². The Hall–Kier alpha value is -1.41. The molecule has 8 heteroatoms. The first-order valence-electron chi connectivity index (χ1n) is 7.49. The lowest BCUT2D eigenvalue weighted by atomic mass is 10.2. The molecule has 0 aliphatic carbocycles.